The van der Waals surface area contributed by atoms with E-state index in [1.165, 1.54) is 19.2 Å². The SMILES string of the molecule is CCNCc1nnc(-c2ccc(OC)c(F)c2)o1. The number of nitrogens with zero attached hydrogens (tertiary/aromatic N) is 2. The molecule has 2 rings (SSSR count). The van der Waals surface area contributed by atoms with Gasteiger partial charge in [-0.2, -0.15) is 0 Å². The van der Waals surface area contributed by atoms with Crippen molar-refractivity contribution in [2.75, 3.05) is 13.7 Å². The lowest BCUT2D eigenvalue weighted by Crippen LogP contribution is -2.11. The predicted octanol–water partition coefficient (Wildman–Crippen LogP) is 1.99. The minimum Gasteiger partial charge on any atom is -0.494 e. The molecule has 0 aliphatic rings. The average molecular weight is 251 g/mol. The van der Waals surface area contributed by atoms with Crippen LogP contribution in [0.1, 0.15) is 12.8 Å². The minimum atomic E-state index is -0.457. The lowest BCUT2D eigenvalue weighted by Gasteiger charge is -2.02. The molecule has 0 spiro atoms. The predicted molar refractivity (Wildman–Crippen MR) is 63.6 cm³/mol. The molecule has 1 aromatic heterocycles. The van der Waals surface area contributed by atoms with Crippen molar-refractivity contribution < 1.29 is 13.5 Å². The van der Waals surface area contributed by atoms with Crippen molar-refractivity contribution in [2.24, 2.45) is 0 Å². The Balaban J connectivity index is 2.20. The van der Waals surface area contributed by atoms with Crippen LogP contribution in [0.15, 0.2) is 22.6 Å². The zero-order valence-corrected chi connectivity index (χ0v) is 10.2. The second-order valence-corrected chi connectivity index (χ2v) is 3.63. The van der Waals surface area contributed by atoms with E-state index in [2.05, 4.69) is 15.5 Å². The number of halogens is 1. The topological polar surface area (TPSA) is 60.2 Å². The van der Waals surface area contributed by atoms with Gasteiger partial charge in [-0.25, -0.2) is 4.39 Å². The maximum absolute atomic E-state index is 13.5. The van der Waals surface area contributed by atoms with Gasteiger partial charge >= 0.3 is 0 Å². The van der Waals surface area contributed by atoms with E-state index in [9.17, 15) is 4.39 Å². The second kappa shape index (κ2) is 5.59. The number of nitrogens with one attached hydrogen (secondary N) is 1. The normalized spacial score (nSPS) is 10.6. The van der Waals surface area contributed by atoms with Crippen LogP contribution in [0, 0.1) is 5.82 Å². The molecule has 5 nitrogen and oxygen atoms in total. The molecule has 1 aromatic carbocycles. The molecule has 0 saturated heterocycles. The van der Waals surface area contributed by atoms with Crippen molar-refractivity contribution in [1.82, 2.24) is 15.5 Å². The van der Waals surface area contributed by atoms with E-state index >= 15 is 0 Å². The fraction of sp³-hybridized carbons (Fsp3) is 0.333. The number of methoxy groups -OCH3 is 1. The molecule has 2 aromatic rings. The summed E-state index contributed by atoms with van der Waals surface area (Å²) in [5.74, 6) is 0.500. The Morgan fingerprint density at radius 2 is 2.22 bits per heavy atom. The van der Waals surface area contributed by atoms with Gasteiger partial charge in [-0.1, -0.05) is 6.92 Å². The molecule has 1 heterocycles. The third-order valence-electron chi connectivity index (χ3n) is 2.39. The molecule has 0 bridgehead atoms. The van der Waals surface area contributed by atoms with E-state index in [1.807, 2.05) is 6.92 Å². The van der Waals surface area contributed by atoms with E-state index < -0.39 is 5.82 Å². The number of hydrogen-bond donors (Lipinski definition) is 1. The lowest BCUT2D eigenvalue weighted by molar-refractivity contribution is 0.386. The third-order valence-corrected chi connectivity index (χ3v) is 2.39. The number of ether oxygens (including phenoxy) is 1. The smallest absolute Gasteiger partial charge is 0.247 e. The van der Waals surface area contributed by atoms with Gasteiger partial charge in [-0.15, -0.1) is 10.2 Å². The number of aromatic nitrogens is 2. The van der Waals surface area contributed by atoms with Gasteiger partial charge in [0, 0.05) is 5.56 Å². The highest BCUT2D eigenvalue weighted by Gasteiger charge is 2.11. The van der Waals surface area contributed by atoms with E-state index in [0.29, 0.717) is 23.9 Å². The first-order valence-electron chi connectivity index (χ1n) is 5.61. The quantitative estimate of drug-likeness (QED) is 0.880. The molecule has 0 aliphatic heterocycles. The van der Waals surface area contributed by atoms with Gasteiger partial charge in [-0.3, -0.25) is 0 Å². The summed E-state index contributed by atoms with van der Waals surface area (Å²) in [7, 11) is 1.42. The highest BCUT2D eigenvalue weighted by atomic mass is 19.1. The Morgan fingerprint density at radius 1 is 1.39 bits per heavy atom. The zero-order chi connectivity index (χ0) is 13.0. The van der Waals surface area contributed by atoms with Crippen molar-refractivity contribution in [2.45, 2.75) is 13.5 Å². The maximum atomic E-state index is 13.5. The second-order valence-electron chi connectivity index (χ2n) is 3.63. The van der Waals surface area contributed by atoms with Crippen LogP contribution in [0.2, 0.25) is 0 Å². The number of benzene rings is 1. The highest BCUT2D eigenvalue weighted by Crippen LogP contribution is 2.24. The van der Waals surface area contributed by atoms with Crippen molar-refractivity contribution in [3.8, 4) is 17.2 Å². The molecule has 96 valence electrons. The van der Waals surface area contributed by atoms with Gasteiger partial charge < -0.3 is 14.5 Å². The largest absolute Gasteiger partial charge is 0.494 e. The molecule has 0 radical (unpaired) electrons. The average Bonchev–Trinajstić information content (AvgIpc) is 2.85. The summed E-state index contributed by atoms with van der Waals surface area (Å²) < 4.78 is 23.8. The number of hydrogen-bond acceptors (Lipinski definition) is 5. The van der Waals surface area contributed by atoms with E-state index in [-0.39, 0.29) is 5.75 Å². The first kappa shape index (κ1) is 12.5. The molecule has 18 heavy (non-hydrogen) atoms. The third kappa shape index (κ3) is 2.65. The Hall–Kier alpha value is -1.95. The van der Waals surface area contributed by atoms with E-state index in [4.69, 9.17) is 9.15 Å². The van der Waals surface area contributed by atoms with Crippen molar-refractivity contribution >= 4 is 0 Å². The van der Waals surface area contributed by atoms with Crippen LogP contribution in [-0.2, 0) is 6.54 Å². The van der Waals surface area contributed by atoms with Crippen LogP contribution in [-0.4, -0.2) is 23.9 Å². The fourth-order valence-corrected chi connectivity index (χ4v) is 1.47. The first-order valence-corrected chi connectivity index (χ1v) is 5.61. The summed E-state index contributed by atoms with van der Waals surface area (Å²) in [5, 5.41) is 10.8. The van der Waals surface area contributed by atoms with Crippen LogP contribution in [0.4, 0.5) is 4.39 Å². The number of rotatable bonds is 5. The van der Waals surface area contributed by atoms with Crippen LogP contribution in [0.5, 0.6) is 5.75 Å². The summed E-state index contributed by atoms with van der Waals surface area (Å²) in [4.78, 5) is 0. The van der Waals surface area contributed by atoms with Gasteiger partial charge in [0.15, 0.2) is 11.6 Å². The summed E-state index contributed by atoms with van der Waals surface area (Å²) in [6.45, 7) is 3.30. The van der Waals surface area contributed by atoms with Crippen molar-refractivity contribution in [1.29, 1.82) is 0 Å². The van der Waals surface area contributed by atoms with Crippen LogP contribution in [0.25, 0.3) is 11.5 Å². The van der Waals surface area contributed by atoms with E-state index in [1.54, 1.807) is 6.07 Å². The lowest BCUT2D eigenvalue weighted by atomic mass is 10.2. The van der Waals surface area contributed by atoms with Crippen LogP contribution in [0.3, 0.4) is 0 Å². The van der Waals surface area contributed by atoms with Crippen molar-refractivity contribution in [3.05, 3.63) is 29.9 Å². The Kier molecular flexibility index (Phi) is 3.88. The van der Waals surface area contributed by atoms with Gasteiger partial charge in [0.05, 0.1) is 13.7 Å². The highest BCUT2D eigenvalue weighted by molar-refractivity contribution is 5.54. The first-order chi connectivity index (χ1) is 8.74. The molecule has 6 heteroatoms. The van der Waals surface area contributed by atoms with E-state index in [0.717, 1.165) is 6.54 Å². The summed E-state index contributed by atoms with van der Waals surface area (Å²) in [6.07, 6.45) is 0. The maximum Gasteiger partial charge on any atom is 0.247 e. The summed E-state index contributed by atoms with van der Waals surface area (Å²) in [6, 6.07) is 4.51. The van der Waals surface area contributed by atoms with Gasteiger partial charge in [0.25, 0.3) is 0 Å². The molecular formula is C12H14FN3O2. The van der Waals surface area contributed by atoms with Crippen LogP contribution < -0.4 is 10.1 Å². The van der Waals surface area contributed by atoms with Gasteiger partial charge in [0.1, 0.15) is 0 Å². The molecule has 0 fully saturated rings. The summed E-state index contributed by atoms with van der Waals surface area (Å²) >= 11 is 0. The zero-order valence-electron chi connectivity index (χ0n) is 10.2. The van der Waals surface area contributed by atoms with Crippen molar-refractivity contribution in [3.63, 3.8) is 0 Å². The molecule has 0 saturated carbocycles. The minimum absolute atomic E-state index is 0.186. The van der Waals surface area contributed by atoms with Gasteiger partial charge in [-0.05, 0) is 24.7 Å². The molecule has 0 amide bonds. The summed E-state index contributed by atoms with van der Waals surface area (Å²) in [5.41, 5.74) is 0.531. The van der Waals surface area contributed by atoms with Crippen LogP contribution >= 0.6 is 0 Å². The Labute approximate surface area is 104 Å². The molecule has 0 atom stereocenters. The monoisotopic (exact) mass is 251 g/mol. The fourth-order valence-electron chi connectivity index (χ4n) is 1.47. The standard InChI is InChI=1S/C12H14FN3O2/c1-3-14-7-11-15-16-12(18-11)8-4-5-10(17-2)9(13)6-8/h4-6,14H,3,7H2,1-2H3. The molecule has 0 aliphatic carbocycles. The Morgan fingerprint density at radius 3 is 2.89 bits per heavy atom. The molecular weight excluding hydrogens is 237 g/mol. The molecule has 1 N–H and O–H groups in total. The Bertz CT molecular complexity index is 528. The molecule has 0 unspecified atom stereocenters. The van der Waals surface area contributed by atoms with Gasteiger partial charge in [0.2, 0.25) is 11.8 Å².